The van der Waals surface area contributed by atoms with E-state index in [-0.39, 0.29) is 11.3 Å². The predicted molar refractivity (Wildman–Crippen MR) is 75.8 cm³/mol. The van der Waals surface area contributed by atoms with Crippen molar-refractivity contribution in [3.63, 3.8) is 0 Å². The molecule has 0 aliphatic heterocycles. The lowest BCUT2D eigenvalue weighted by Gasteiger charge is -2.24. The van der Waals surface area contributed by atoms with Gasteiger partial charge in [0.25, 0.3) is 0 Å². The minimum atomic E-state index is -3.04. The maximum absolute atomic E-state index is 12.5. The van der Waals surface area contributed by atoms with E-state index >= 15 is 0 Å². The van der Waals surface area contributed by atoms with Crippen molar-refractivity contribution in [2.45, 2.75) is 5.60 Å². The third-order valence-corrected chi connectivity index (χ3v) is 2.97. The third kappa shape index (κ3) is 2.67. The summed E-state index contributed by atoms with van der Waals surface area (Å²) in [6.45, 7) is 0. The van der Waals surface area contributed by atoms with Crippen molar-refractivity contribution in [3.05, 3.63) is 66.2 Å². The van der Waals surface area contributed by atoms with Crippen LogP contribution in [0.15, 0.2) is 60.7 Å². The lowest BCUT2D eigenvalue weighted by Crippen LogP contribution is -2.58. The molecule has 0 aromatic heterocycles. The number of aliphatic carboxylic acids is 2. The van der Waals surface area contributed by atoms with E-state index in [1.807, 2.05) is 0 Å². The summed E-state index contributed by atoms with van der Waals surface area (Å²) in [5.41, 5.74) is -3.11. The summed E-state index contributed by atoms with van der Waals surface area (Å²) < 4.78 is 5.09. The van der Waals surface area contributed by atoms with E-state index in [1.54, 1.807) is 12.1 Å². The van der Waals surface area contributed by atoms with Gasteiger partial charge in [0.2, 0.25) is 5.78 Å². The molecule has 0 bridgehead atoms. The zero-order chi connectivity index (χ0) is 16.2. The van der Waals surface area contributed by atoms with E-state index in [0.717, 1.165) is 0 Å². The third-order valence-electron chi connectivity index (χ3n) is 2.97. The Morgan fingerprint density at radius 2 is 1.23 bits per heavy atom. The first-order valence-electron chi connectivity index (χ1n) is 6.29. The van der Waals surface area contributed by atoms with Crippen LogP contribution in [-0.4, -0.2) is 33.5 Å². The van der Waals surface area contributed by atoms with Gasteiger partial charge in [-0.3, -0.25) is 4.79 Å². The van der Waals surface area contributed by atoms with Crippen LogP contribution in [0.1, 0.15) is 10.4 Å². The second-order valence-electron chi connectivity index (χ2n) is 4.40. The number of ether oxygens (including phenoxy) is 1. The van der Waals surface area contributed by atoms with Gasteiger partial charge < -0.3 is 14.9 Å². The van der Waals surface area contributed by atoms with Crippen LogP contribution in [-0.2, 0) is 9.59 Å². The Bertz CT molecular complexity index is 679. The minimum absolute atomic E-state index is 0.0309. The molecule has 0 aliphatic carbocycles. The number of ketones is 1. The molecular formula is C16H12O6. The topological polar surface area (TPSA) is 101 Å². The van der Waals surface area contributed by atoms with Gasteiger partial charge in [0, 0.05) is 5.56 Å². The molecule has 22 heavy (non-hydrogen) atoms. The molecule has 2 aromatic rings. The van der Waals surface area contributed by atoms with E-state index in [4.69, 9.17) is 4.74 Å². The molecular weight excluding hydrogens is 288 g/mol. The van der Waals surface area contributed by atoms with E-state index < -0.39 is 23.3 Å². The SMILES string of the molecule is O=C(O)C(Oc1ccccc1)(C(=O)O)C(=O)c1ccccc1. The van der Waals surface area contributed by atoms with E-state index in [9.17, 15) is 24.6 Å². The van der Waals surface area contributed by atoms with Crippen LogP contribution in [0.3, 0.4) is 0 Å². The van der Waals surface area contributed by atoms with Gasteiger partial charge in [0.15, 0.2) is 0 Å². The molecule has 0 aliphatic rings. The summed E-state index contributed by atoms with van der Waals surface area (Å²) in [6, 6.07) is 14.8. The Morgan fingerprint density at radius 1 is 0.773 bits per heavy atom. The summed E-state index contributed by atoms with van der Waals surface area (Å²) in [6.07, 6.45) is 0. The number of hydrogen-bond donors (Lipinski definition) is 2. The molecule has 0 radical (unpaired) electrons. The van der Waals surface area contributed by atoms with Gasteiger partial charge in [-0.1, -0.05) is 48.5 Å². The Balaban J connectivity index is 2.53. The summed E-state index contributed by atoms with van der Waals surface area (Å²) in [5.74, 6) is -4.97. The number of para-hydroxylation sites is 1. The number of carboxylic acid groups (broad SMARTS) is 2. The lowest BCUT2D eigenvalue weighted by molar-refractivity contribution is -0.166. The van der Waals surface area contributed by atoms with Gasteiger partial charge in [0.1, 0.15) is 5.75 Å². The summed E-state index contributed by atoms with van der Waals surface area (Å²) in [5, 5.41) is 18.7. The molecule has 0 unspecified atom stereocenters. The van der Waals surface area contributed by atoms with E-state index in [2.05, 4.69) is 0 Å². The molecule has 0 fully saturated rings. The van der Waals surface area contributed by atoms with Crippen molar-refractivity contribution < 1.29 is 29.3 Å². The second-order valence-corrected chi connectivity index (χ2v) is 4.40. The molecule has 2 rings (SSSR count). The Hall–Kier alpha value is -3.15. The number of Topliss-reactive ketones (excluding diaryl/α,β-unsaturated/α-hetero) is 1. The van der Waals surface area contributed by atoms with Gasteiger partial charge in [-0.25, -0.2) is 9.59 Å². The first-order valence-corrected chi connectivity index (χ1v) is 6.29. The average molecular weight is 300 g/mol. The van der Waals surface area contributed by atoms with Crippen LogP contribution in [0.25, 0.3) is 0 Å². The highest BCUT2D eigenvalue weighted by molar-refractivity contribution is 6.28. The number of carboxylic acids is 2. The van der Waals surface area contributed by atoms with E-state index in [0.29, 0.717) is 0 Å². The summed E-state index contributed by atoms with van der Waals surface area (Å²) >= 11 is 0. The van der Waals surface area contributed by atoms with Crippen LogP contribution in [0.2, 0.25) is 0 Å². The lowest BCUT2D eigenvalue weighted by atomic mass is 9.92. The van der Waals surface area contributed by atoms with Crippen LogP contribution >= 0.6 is 0 Å². The summed E-state index contributed by atoms with van der Waals surface area (Å²) in [7, 11) is 0. The standard InChI is InChI=1S/C16H12O6/c17-13(11-7-3-1-4-8-11)16(14(18)19,15(20)21)22-12-9-5-2-6-10-12/h1-10H,(H,18,19)(H,20,21). The number of benzene rings is 2. The highest BCUT2D eigenvalue weighted by Gasteiger charge is 2.57. The predicted octanol–water partition coefficient (Wildman–Crippen LogP) is 1.86. The van der Waals surface area contributed by atoms with Gasteiger partial charge in [-0.2, -0.15) is 0 Å². The maximum atomic E-state index is 12.5. The minimum Gasteiger partial charge on any atom is -0.477 e. The first kappa shape index (κ1) is 15.2. The van der Waals surface area contributed by atoms with Crippen molar-refractivity contribution in [2.75, 3.05) is 0 Å². The number of carbonyl (C=O) groups is 3. The molecule has 112 valence electrons. The van der Waals surface area contributed by atoms with Crippen molar-refractivity contribution >= 4 is 17.7 Å². The van der Waals surface area contributed by atoms with Gasteiger partial charge in [-0.05, 0) is 12.1 Å². The molecule has 0 spiro atoms. The van der Waals surface area contributed by atoms with Gasteiger partial charge >= 0.3 is 17.5 Å². The molecule has 0 saturated carbocycles. The molecule has 2 N–H and O–H groups in total. The quantitative estimate of drug-likeness (QED) is 0.623. The highest BCUT2D eigenvalue weighted by Crippen LogP contribution is 2.23. The fourth-order valence-corrected chi connectivity index (χ4v) is 1.88. The van der Waals surface area contributed by atoms with Gasteiger partial charge in [0.05, 0.1) is 0 Å². The number of rotatable bonds is 6. The molecule has 2 aromatic carbocycles. The van der Waals surface area contributed by atoms with Crippen LogP contribution < -0.4 is 4.74 Å². The molecule has 0 saturated heterocycles. The normalized spacial score (nSPS) is 10.7. The number of hydrogen-bond acceptors (Lipinski definition) is 4. The fourth-order valence-electron chi connectivity index (χ4n) is 1.88. The molecule has 0 atom stereocenters. The van der Waals surface area contributed by atoms with E-state index in [1.165, 1.54) is 48.5 Å². The van der Waals surface area contributed by atoms with Crippen molar-refractivity contribution in [3.8, 4) is 5.75 Å². The van der Waals surface area contributed by atoms with Crippen LogP contribution in [0.4, 0.5) is 0 Å². The molecule has 6 heteroatoms. The molecule has 0 amide bonds. The van der Waals surface area contributed by atoms with Crippen molar-refractivity contribution in [1.82, 2.24) is 0 Å². The smallest absolute Gasteiger partial charge is 0.368 e. The Morgan fingerprint density at radius 3 is 1.68 bits per heavy atom. The van der Waals surface area contributed by atoms with Crippen LogP contribution in [0, 0.1) is 0 Å². The Kier molecular flexibility index (Phi) is 4.22. The fraction of sp³-hybridized carbons (Fsp3) is 0.0625. The van der Waals surface area contributed by atoms with Crippen LogP contribution in [0.5, 0.6) is 5.75 Å². The van der Waals surface area contributed by atoms with Gasteiger partial charge in [-0.15, -0.1) is 0 Å². The average Bonchev–Trinajstić information content (AvgIpc) is 2.53. The zero-order valence-corrected chi connectivity index (χ0v) is 11.3. The molecule has 6 nitrogen and oxygen atoms in total. The maximum Gasteiger partial charge on any atom is 0.368 e. The highest BCUT2D eigenvalue weighted by atomic mass is 16.6. The monoisotopic (exact) mass is 300 g/mol. The Labute approximate surface area is 125 Å². The second kappa shape index (κ2) is 6.09. The number of carbonyl (C=O) groups excluding carboxylic acids is 1. The van der Waals surface area contributed by atoms with Crippen molar-refractivity contribution in [1.29, 1.82) is 0 Å². The molecule has 0 heterocycles. The summed E-state index contributed by atoms with van der Waals surface area (Å²) in [4.78, 5) is 35.6. The van der Waals surface area contributed by atoms with Crippen molar-refractivity contribution in [2.24, 2.45) is 0 Å². The zero-order valence-electron chi connectivity index (χ0n) is 11.3. The first-order chi connectivity index (χ1) is 10.5. The largest absolute Gasteiger partial charge is 0.477 e.